The Labute approximate surface area is 144 Å². The van der Waals surface area contributed by atoms with Crippen molar-refractivity contribution in [1.29, 1.82) is 0 Å². The Morgan fingerprint density at radius 2 is 1.96 bits per heavy atom. The molecule has 0 aliphatic carbocycles. The predicted molar refractivity (Wildman–Crippen MR) is 86.7 cm³/mol. The Hall–Kier alpha value is -2.78. The number of furan rings is 1. The largest absolute Gasteiger partial charge is 0.454 e. The third-order valence-corrected chi connectivity index (χ3v) is 3.55. The van der Waals surface area contributed by atoms with Gasteiger partial charge in [0.05, 0.1) is 0 Å². The number of carbonyl (C=O) groups is 2. The van der Waals surface area contributed by atoms with Crippen molar-refractivity contribution in [2.24, 2.45) is 5.84 Å². The molecule has 24 heavy (non-hydrogen) atoms. The van der Waals surface area contributed by atoms with E-state index < -0.39 is 11.8 Å². The van der Waals surface area contributed by atoms with E-state index in [2.05, 4.69) is 21.2 Å². The van der Waals surface area contributed by atoms with Crippen LogP contribution in [0.5, 0.6) is 11.5 Å². The molecule has 2 heterocycles. The lowest BCUT2D eigenvalue weighted by atomic mass is 10.1. The zero-order chi connectivity index (χ0) is 17.1. The molecule has 4 N–H and O–H groups in total. The molecule has 1 aliphatic rings. The summed E-state index contributed by atoms with van der Waals surface area (Å²) in [6, 6.07) is 8.14. The summed E-state index contributed by atoms with van der Waals surface area (Å²) in [5.41, 5.74) is 2.56. The molecule has 8 nitrogen and oxygen atoms in total. The van der Waals surface area contributed by atoms with Crippen molar-refractivity contribution in [2.75, 3.05) is 6.79 Å². The van der Waals surface area contributed by atoms with Crippen LogP contribution in [0.15, 0.2) is 45.1 Å². The summed E-state index contributed by atoms with van der Waals surface area (Å²) in [5.74, 6) is 5.13. The van der Waals surface area contributed by atoms with Gasteiger partial charge in [0.15, 0.2) is 21.9 Å². The number of nitrogens with two attached hydrogens (primary N) is 1. The van der Waals surface area contributed by atoms with Crippen molar-refractivity contribution >= 4 is 33.8 Å². The molecular formula is C15H12BrN3O5. The summed E-state index contributed by atoms with van der Waals surface area (Å²) in [4.78, 5) is 24.0. The molecule has 1 aromatic heterocycles. The van der Waals surface area contributed by atoms with E-state index in [0.717, 1.165) is 0 Å². The van der Waals surface area contributed by atoms with Crippen LogP contribution in [0.4, 0.5) is 0 Å². The quantitative estimate of drug-likeness (QED) is 0.314. The molecule has 9 heteroatoms. The highest BCUT2D eigenvalue weighted by atomic mass is 79.9. The Kier molecular flexibility index (Phi) is 4.54. The number of nitrogens with one attached hydrogen (secondary N) is 2. The van der Waals surface area contributed by atoms with E-state index in [1.807, 2.05) is 5.43 Å². The minimum Gasteiger partial charge on any atom is -0.454 e. The molecule has 0 spiro atoms. The summed E-state index contributed by atoms with van der Waals surface area (Å²) in [7, 11) is 0. The van der Waals surface area contributed by atoms with Gasteiger partial charge in [0.2, 0.25) is 6.79 Å². The van der Waals surface area contributed by atoms with Crippen LogP contribution in [0.2, 0.25) is 0 Å². The molecule has 0 fully saturated rings. The topological polar surface area (TPSA) is 116 Å². The smallest absolute Gasteiger partial charge is 0.291 e. The van der Waals surface area contributed by atoms with E-state index in [1.165, 1.54) is 12.1 Å². The van der Waals surface area contributed by atoms with Crippen LogP contribution in [0.25, 0.3) is 6.08 Å². The molecule has 2 amide bonds. The van der Waals surface area contributed by atoms with Crippen molar-refractivity contribution in [3.8, 4) is 11.5 Å². The van der Waals surface area contributed by atoms with E-state index in [9.17, 15) is 9.59 Å². The first-order valence-corrected chi connectivity index (χ1v) is 7.55. The maximum Gasteiger partial charge on any atom is 0.291 e. The highest BCUT2D eigenvalue weighted by Crippen LogP contribution is 2.33. The maximum atomic E-state index is 12.1. The van der Waals surface area contributed by atoms with Crippen LogP contribution in [0.1, 0.15) is 16.1 Å². The number of hydrazine groups is 1. The van der Waals surface area contributed by atoms with Gasteiger partial charge >= 0.3 is 0 Å². The van der Waals surface area contributed by atoms with Gasteiger partial charge in [-0.1, -0.05) is 6.07 Å². The van der Waals surface area contributed by atoms with Gasteiger partial charge in [-0.05, 0) is 51.8 Å². The normalized spacial score (nSPS) is 12.8. The van der Waals surface area contributed by atoms with E-state index in [-0.39, 0.29) is 18.3 Å². The standard InChI is InChI=1S/C15H12BrN3O5/c16-13-4-3-11(24-13)15(21)18-9(14(20)19-17)5-8-1-2-10-12(6-8)23-7-22-10/h1-6H,7,17H2,(H,18,21)(H,19,20)/b9-5+. The van der Waals surface area contributed by atoms with Gasteiger partial charge in [-0.15, -0.1) is 0 Å². The number of fused-ring (bicyclic) bond motifs is 1. The second-order valence-corrected chi connectivity index (χ2v) is 5.48. The summed E-state index contributed by atoms with van der Waals surface area (Å²) >= 11 is 3.11. The average molecular weight is 394 g/mol. The number of halogens is 1. The van der Waals surface area contributed by atoms with Crippen molar-refractivity contribution < 1.29 is 23.5 Å². The van der Waals surface area contributed by atoms with Gasteiger partial charge in [-0.25, -0.2) is 5.84 Å². The first kappa shape index (κ1) is 16.1. The molecule has 1 aliphatic heterocycles. The minimum absolute atomic E-state index is 0.0447. The molecule has 2 aromatic rings. The Bertz CT molecular complexity index is 830. The Morgan fingerprint density at radius 3 is 2.67 bits per heavy atom. The summed E-state index contributed by atoms with van der Waals surface area (Å²) < 4.78 is 16.0. The van der Waals surface area contributed by atoms with Crippen LogP contribution < -0.4 is 26.1 Å². The fourth-order valence-corrected chi connectivity index (χ4v) is 2.33. The molecule has 124 valence electrons. The van der Waals surface area contributed by atoms with Gasteiger partial charge in [0.1, 0.15) is 5.70 Å². The third kappa shape index (κ3) is 3.42. The van der Waals surface area contributed by atoms with E-state index >= 15 is 0 Å². The van der Waals surface area contributed by atoms with Crippen molar-refractivity contribution in [2.45, 2.75) is 0 Å². The molecule has 3 rings (SSSR count). The van der Waals surface area contributed by atoms with Crippen LogP contribution >= 0.6 is 15.9 Å². The molecule has 0 atom stereocenters. The molecular weight excluding hydrogens is 382 g/mol. The van der Waals surface area contributed by atoms with Gasteiger partial charge in [0.25, 0.3) is 11.8 Å². The second kappa shape index (κ2) is 6.77. The number of hydrogen-bond acceptors (Lipinski definition) is 6. The SMILES string of the molecule is NNC(=O)/C(=C\c1ccc2c(c1)OCO2)NC(=O)c1ccc(Br)o1. The van der Waals surface area contributed by atoms with E-state index in [0.29, 0.717) is 21.7 Å². The van der Waals surface area contributed by atoms with Gasteiger partial charge in [-0.3, -0.25) is 15.0 Å². The zero-order valence-corrected chi connectivity index (χ0v) is 13.8. The number of ether oxygens (including phenoxy) is 2. The Morgan fingerprint density at radius 1 is 1.17 bits per heavy atom. The summed E-state index contributed by atoms with van der Waals surface area (Å²) in [6.45, 7) is 0.142. The highest BCUT2D eigenvalue weighted by molar-refractivity contribution is 9.10. The third-order valence-electron chi connectivity index (χ3n) is 3.13. The summed E-state index contributed by atoms with van der Waals surface area (Å²) in [6.07, 6.45) is 1.46. The zero-order valence-electron chi connectivity index (χ0n) is 12.2. The van der Waals surface area contributed by atoms with E-state index in [1.54, 1.807) is 24.3 Å². The lowest BCUT2D eigenvalue weighted by Crippen LogP contribution is -2.38. The van der Waals surface area contributed by atoms with Crippen molar-refractivity contribution in [3.63, 3.8) is 0 Å². The number of benzene rings is 1. The van der Waals surface area contributed by atoms with Crippen molar-refractivity contribution in [1.82, 2.24) is 10.7 Å². The number of amides is 2. The molecule has 0 saturated carbocycles. The minimum atomic E-state index is -0.661. The lowest BCUT2D eigenvalue weighted by Gasteiger charge is -2.08. The second-order valence-electron chi connectivity index (χ2n) is 4.70. The first-order chi connectivity index (χ1) is 11.6. The molecule has 0 bridgehead atoms. The van der Waals surface area contributed by atoms with Gasteiger partial charge < -0.3 is 19.2 Å². The van der Waals surface area contributed by atoms with Crippen LogP contribution in [-0.4, -0.2) is 18.6 Å². The van der Waals surface area contributed by atoms with Crippen LogP contribution in [-0.2, 0) is 4.79 Å². The monoisotopic (exact) mass is 393 g/mol. The molecule has 0 unspecified atom stereocenters. The fourth-order valence-electron chi connectivity index (χ4n) is 2.03. The van der Waals surface area contributed by atoms with Crippen LogP contribution in [0, 0.1) is 0 Å². The lowest BCUT2D eigenvalue weighted by molar-refractivity contribution is -0.117. The first-order valence-electron chi connectivity index (χ1n) is 6.76. The number of rotatable bonds is 4. The maximum absolute atomic E-state index is 12.1. The van der Waals surface area contributed by atoms with Crippen LogP contribution in [0.3, 0.4) is 0 Å². The number of hydrogen-bond donors (Lipinski definition) is 3. The fraction of sp³-hybridized carbons (Fsp3) is 0.0667. The molecule has 1 aromatic carbocycles. The predicted octanol–water partition coefficient (Wildman–Crippen LogP) is 1.53. The van der Waals surface area contributed by atoms with Crippen molar-refractivity contribution in [3.05, 3.63) is 52.0 Å². The molecule has 0 saturated heterocycles. The highest BCUT2D eigenvalue weighted by Gasteiger charge is 2.18. The number of carbonyl (C=O) groups excluding carboxylic acids is 2. The van der Waals surface area contributed by atoms with Gasteiger partial charge in [-0.2, -0.15) is 0 Å². The van der Waals surface area contributed by atoms with E-state index in [4.69, 9.17) is 19.7 Å². The average Bonchev–Trinajstić information content (AvgIpc) is 3.21. The molecule has 0 radical (unpaired) electrons. The summed E-state index contributed by atoms with van der Waals surface area (Å²) in [5, 5.41) is 2.46. The van der Waals surface area contributed by atoms with Gasteiger partial charge in [0, 0.05) is 0 Å². The Balaban J connectivity index is 1.86.